The van der Waals surface area contributed by atoms with Gasteiger partial charge in [-0.25, -0.2) is 0 Å². The van der Waals surface area contributed by atoms with Gasteiger partial charge in [-0.2, -0.15) is 0 Å². The first kappa shape index (κ1) is 11.3. The van der Waals surface area contributed by atoms with E-state index < -0.39 is 0 Å². The molecule has 13 heavy (non-hydrogen) atoms. The summed E-state index contributed by atoms with van der Waals surface area (Å²) >= 11 is 7.15. The number of aryl methyl sites for hydroxylation is 1. The van der Waals surface area contributed by atoms with E-state index >= 15 is 0 Å². The zero-order chi connectivity index (χ0) is 9.84. The number of hydrogen-bond donors (Lipinski definition) is 0. The van der Waals surface area contributed by atoms with Crippen molar-refractivity contribution in [2.75, 3.05) is 0 Å². The average molecular weight is 306 g/mol. The third-order valence-electron chi connectivity index (χ3n) is 2.20. The molecule has 0 aromatic heterocycles. The van der Waals surface area contributed by atoms with E-state index in [0.29, 0.717) is 0 Å². The van der Waals surface area contributed by atoms with E-state index in [9.17, 15) is 0 Å². The first-order valence-corrected chi connectivity index (χ1v) is 6.19. The molecule has 0 atom stereocenters. The Morgan fingerprint density at radius 2 is 1.92 bits per heavy atom. The largest absolute Gasteiger partial charge is 0.0654 e. The lowest BCUT2D eigenvalue weighted by Crippen LogP contribution is -1.89. The molecule has 0 nitrogen and oxygen atoms in total. The van der Waals surface area contributed by atoms with Crippen molar-refractivity contribution >= 4 is 31.9 Å². The van der Waals surface area contributed by atoms with Crippen molar-refractivity contribution in [2.24, 2.45) is 0 Å². The van der Waals surface area contributed by atoms with E-state index in [2.05, 4.69) is 57.8 Å². The SMILES string of the molecule is CCCCc1ccc(Br)c(C)c1Br. The second-order valence-corrected chi connectivity index (χ2v) is 4.90. The molecule has 0 fully saturated rings. The van der Waals surface area contributed by atoms with E-state index in [0.717, 1.165) is 0 Å². The summed E-state index contributed by atoms with van der Waals surface area (Å²) in [6.45, 7) is 4.35. The minimum absolute atomic E-state index is 1.17. The van der Waals surface area contributed by atoms with Crippen LogP contribution in [0.4, 0.5) is 0 Å². The smallest absolute Gasteiger partial charge is 0.0247 e. The quantitative estimate of drug-likeness (QED) is 0.748. The van der Waals surface area contributed by atoms with Crippen molar-refractivity contribution in [2.45, 2.75) is 33.1 Å². The third kappa shape index (κ3) is 2.81. The molecule has 0 saturated heterocycles. The Morgan fingerprint density at radius 1 is 1.23 bits per heavy atom. The first-order valence-electron chi connectivity index (χ1n) is 4.60. The molecule has 0 amide bonds. The molecule has 0 radical (unpaired) electrons. The Balaban J connectivity index is 2.90. The Labute approximate surface area is 97.0 Å². The van der Waals surface area contributed by atoms with Gasteiger partial charge in [-0.1, -0.05) is 51.3 Å². The van der Waals surface area contributed by atoms with Crippen molar-refractivity contribution < 1.29 is 0 Å². The zero-order valence-corrected chi connectivity index (χ0v) is 11.2. The van der Waals surface area contributed by atoms with Crippen LogP contribution in [-0.4, -0.2) is 0 Å². The van der Waals surface area contributed by atoms with Crippen LogP contribution in [0.5, 0.6) is 0 Å². The van der Waals surface area contributed by atoms with Crippen LogP contribution in [0.1, 0.15) is 30.9 Å². The van der Waals surface area contributed by atoms with E-state index in [1.54, 1.807) is 0 Å². The lowest BCUT2D eigenvalue weighted by Gasteiger charge is -2.07. The summed E-state index contributed by atoms with van der Waals surface area (Å²) in [4.78, 5) is 0. The maximum absolute atomic E-state index is 3.63. The zero-order valence-electron chi connectivity index (χ0n) is 8.03. The van der Waals surface area contributed by atoms with Crippen LogP contribution in [-0.2, 0) is 6.42 Å². The van der Waals surface area contributed by atoms with Gasteiger partial charge in [0, 0.05) is 8.95 Å². The fraction of sp³-hybridized carbons (Fsp3) is 0.455. The highest BCUT2D eigenvalue weighted by atomic mass is 79.9. The topological polar surface area (TPSA) is 0 Å². The Kier molecular flexibility index (Phi) is 4.47. The molecule has 1 aromatic rings. The fourth-order valence-corrected chi connectivity index (χ4v) is 2.42. The minimum atomic E-state index is 1.17. The molecule has 2 heteroatoms. The molecule has 1 aromatic carbocycles. The maximum atomic E-state index is 3.63. The van der Waals surface area contributed by atoms with Gasteiger partial charge in [-0.3, -0.25) is 0 Å². The van der Waals surface area contributed by atoms with Crippen LogP contribution >= 0.6 is 31.9 Å². The van der Waals surface area contributed by atoms with Crippen molar-refractivity contribution in [3.05, 3.63) is 32.2 Å². The first-order chi connectivity index (χ1) is 6.16. The van der Waals surface area contributed by atoms with E-state index in [4.69, 9.17) is 0 Å². The van der Waals surface area contributed by atoms with E-state index in [-0.39, 0.29) is 0 Å². The van der Waals surface area contributed by atoms with Gasteiger partial charge in [0.2, 0.25) is 0 Å². The van der Waals surface area contributed by atoms with Gasteiger partial charge in [0.05, 0.1) is 0 Å². The number of halogens is 2. The van der Waals surface area contributed by atoms with Gasteiger partial charge in [-0.15, -0.1) is 0 Å². The standard InChI is InChI=1S/C11H14Br2/c1-3-4-5-9-6-7-10(12)8(2)11(9)13/h6-7H,3-5H2,1-2H3. The third-order valence-corrected chi connectivity index (χ3v) is 4.16. The molecular formula is C11H14Br2. The van der Waals surface area contributed by atoms with Crippen LogP contribution in [0, 0.1) is 6.92 Å². The van der Waals surface area contributed by atoms with Crippen molar-refractivity contribution in [1.82, 2.24) is 0 Å². The molecule has 0 heterocycles. The number of rotatable bonds is 3. The predicted octanol–water partition coefficient (Wildman–Crippen LogP) is 4.86. The molecule has 1 rings (SSSR count). The summed E-state index contributed by atoms with van der Waals surface area (Å²) in [6.07, 6.45) is 3.69. The van der Waals surface area contributed by atoms with E-state index in [1.807, 2.05) is 0 Å². The van der Waals surface area contributed by atoms with Crippen molar-refractivity contribution in [3.63, 3.8) is 0 Å². The Morgan fingerprint density at radius 3 is 2.54 bits per heavy atom. The second-order valence-electron chi connectivity index (χ2n) is 3.25. The van der Waals surface area contributed by atoms with Crippen LogP contribution in [0.3, 0.4) is 0 Å². The number of unbranched alkanes of at least 4 members (excludes halogenated alkanes) is 1. The average Bonchev–Trinajstić information content (AvgIpc) is 2.13. The Hall–Kier alpha value is 0.180. The summed E-state index contributed by atoms with van der Waals surface area (Å²) < 4.78 is 2.44. The molecule has 0 N–H and O–H groups in total. The minimum Gasteiger partial charge on any atom is -0.0654 e. The van der Waals surface area contributed by atoms with Gasteiger partial charge in [0.25, 0.3) is 0 Å². The van der Waals surface area contributed by atoms with Crippen LogP contribution in [0.2, 0.25) is 0 Å². The molecule has 0 bridgehead atoms. The number of hydrogen-bond acceptors (Lipinski definition) is 0. The highest BCUT2D eigenvalue weighted by Crippen LogP contribution is 2.28. The monoisotopic (exact) mass is 304 g/mol. The highest BCUT2D eigenvalue weighted by Gasteiger charge is 2.04. The summed E-state index contributed by atoms with van der Waals surface area (Å²) in [5.41, 5.74) is 2.72. The number of benzene rings is 1. The molecule has 0 unspecified atom stereocenters. The normalized spacial score (nSPS) is 10.5. The lowest BCUT2D eigenvalue weighted by molar-refractivity contribution is 0.792. The molecule has 0 spiro atoms. The van der Waals surface area contributed by atoms with Gasteiger partial charge in [-0.05, 0) is 37.0 Å². The molecule has 0 aliphatic carbocycles. The van der Waals surface area contributed by atoms with Gasteiger partial charge < -0.3 is 0 Å². The summed E-state index contributed by atoms with van der Waals surface area (Å²) in [5, 5.41) is 0. The van der Waals surface area contributed by atoms with Gasteiger partial charge in [0.1, 0.15) is 0 Å². The van der Waals surface area contributed by atoms with Crippen LogP contribution < -0.4 is 0 Å². The van der Waals surface area contributed by atoms with Gasteiger partial charge in [0.15, 0.2) is 0 Å². The highest BCUT2D eigenvalue weighted by molar-refractivity contribution is 9.11. The Bertz CT molecular complexity index is 292. The van der Waals surface area contributed by atoms with Crippen molar-refractivity contribution in [1.29, 1.82) is 0 Å². The lowest BCUT2D eigenvalue weighted by atomic mass is 10.1. The molecule has 0 aliphatic rings. The van der Waals surface area contributed by atoms with Crippen LogP contribution in [0.25, 0.3) is 0 Å². The maximum Gasteiger partial charge on any atom is 0.0247 e. The summed E-state index contributed by atoms with van der Waals surface area (Å²) in [6, 6.07) is 4.32. The second kappa shape index (κ2) is 5.16. The summed E-state index contributed by atoms with van der Waals surface area (Å²) in [7, 11) is 0. The summed E-state index contributed by atoms with van der Waals surface area (Å²) in [5.74, 6) is 0. The molecular weight excluding hydrogens is 292 g/mol. The van der Waals surface area contributed by atoms with E-state index in [1.165, 1.54) is 39.3 Å². The molecule has 0 saturated carbocycles. The van der Waals surface area contributed by atoms with Gasteiger partial charge >= 0.3 is 0 Å². The fourth-order valence-electron chi connectivity index (χ4n) is 1.28. The molecule has 0 aliphatic heterocycles. The van der Waals surface area contributed by atoms with Crippen molar-refractivity contribution in [3.8, 4) is 0 Å². The van der Waals surface area contributed by atoms with Crippen LogP contribution in [0.15, 0.2) is 21.1 Å². The molecule has 72 valence electrons. The predicted molar refractivity (Wildman–Crippen MR) is 65.2 cm³/mol.